The van der Waals surface area contributed by atoms with Crippen LogP contribution in [0.1, 0.15) is 29.8 Å². The first-order valence-electron chi connectivity index (χ1n) is 8.46. The summed E-state index contributed by atoms with van der Waals surface area (Å²) in [6.07, 6.45) is -3.93. The molecule has 8 heteroatoms. The number of benzene rings is 1. The van der Waals surface area contributed by atoms with Crippen molar-refractivity contribution in [1.82, 2.24) is 9.88 Å². The molecule has 0 bridgehead atoms. The number of aliphatic carboxylic acids is 1. The van der Waals surface area contributed by atoms with Gasteiger partial charge in [0.2, 0.25) is 0 Å². The SMILES string of the molecule is CC(Oc1ccc(CN2CC(C(=O)O)C2)cc1)c1cc(C(F)(F)F)ccn1. The summed E-state index contributed by atoms with van der Waals surface area (Å²) in [5.74, 6) is -0.543. The van der Waals surface area contributed by atoms with Crippen LogP contribution in [0.2, 0.25) is 0 Å². The smallest absolute Gasteiger partial charge is 0.416 e. The molecule has 0 spiro atoms. The minimum atomic E-state index is -4.42. The summed E-state index contributed by atoms with van der Waals surface area (Å²) in [5, 5.41) is 8.88. The van der Waals surface area contributed by atoms with Gasteiger partial charge < -0.3 is 9.84 Å². The molecular weight excluding hydrogens is 361 g/mol. The average Bonchev–Trinajstić information content (AvgIpc) is 2.58. The van der Waals surface area contributed by atoms with Gasteiger partial charge in [-0.3, -0.25) is 14.7 Å². The molecule has 1 aliphatic heterocycles. The maximum Gasteiger partial charge on any atom is 0.416 e. The van der Waals surface area contributed by atoms with Crippen molar-refractivity contribution in [1.29, 1.82) is 0 Å². The van der Waals surface area contributed by atoms with Gasteiger partial charge in [0, 0.05) is 25.8 Å². The van der Waals surface area contributed by atoms with Crippen molar-refractivity contribution in [3.05, 3.63) is 59.4 Å². The third-order valence-electron chi connectivity index (χ3n) is 4.47. The van der Waals surface area contributed by atoms with E-state index in [-0.39, 0.29) is 11.6 Å². The van der Waals surface area contributed by atoms with Crippen molar-refractivity contribution in [3.63, 3.8) is 0 Å². The number of ether oxygens (including phenoxy) is 1. The summed E-state index contributed by atoms with van der Waals surface area (Å²) in [5.41, 5.74) is 0.456. The molecule has 1 aromatic carbocycles. The molecule has 1 N–H and O–H groups in total. The molecule has 0 aliphatic carbocycles. The lowest BCUT2D eigenvalue weighted by Gasteiger charge is -2.36. The van der Waals surface area contributed by atoms with Gasteiger partial charge >= 0.3 is 12.1 Å². The number of carbonyl (C=O) groups is 1. The molecule has 3 rings (SSSR count). The fourth-order valence-electron chi connectivity index (χ4n) is 2.90. The number of aromatic nitrogens is 1. The number of carboxylic acid groups (broad SMARTS) is 1. The van der Waals surface area contributed by atoms with Gasteiger partial charge in [0.25, 0.3) is 0 Å². The van der Waals surface area contributed by atoms with Crippen LogP contribution in [0.15, 0.2) is 42.6 Å². The molecule has 2 aromatic rings. The number of carboxylic acids is 1. The Labute approximate surface area is 154 Å². The molecule has 1 fully saturated rings. The number of hydrogen-bond acceptors (Lipinski definition) is 4. The molecule has 0 saturated carbocycles. The Morgan fingerprint density at radius 1 is 1.30 bits per heavy atom. The van der Waals surface area contributed by atoms with E-state index in [1.807, 2.05) is 17.0 Å². The highest BCUT2D eigenvalue weighted by Crippen LogP contribution is 2.31. The van der Waals surface area contributed by atoms with Crippen molar-refractivity contribution in [3.8, 4) is 5.75 Å². The minimum absolute atomic E-state index is 0.203. The normalized spacial score (nSPS) is 16.6. The average molecular weight is 380 g/mol. The highest BCUT2D eigenvalue weighted by Gasteiger charge is 2.32. The van der Waals surface area contributed by atoms with Crippen LogP contribution >= 0.6 is 0 Å². The lowest BCUT2D eigenvalue weighted by Crippen LogP contribution is -2.49. The lowest BCUT2D eigenvalue weighted by atomic mass is 10.00. The second-order valence-electron chi connectivity index (χ2n) is 6.60. The number of alkyl halides is 3. The number of hydrogen-bond donors (Lipinski definition) is 1. The summed E-state index contributed by atoms with van der Waals surface area (Å²) in [7, 11) is 0. The van der Waals surface area contributed by atoms with E-state index in [0.717, 1.165) is 23.9 Å². The van der Waals surface area contributed by atoms with E-state index in [1.165, 1.54) is 0 Å². The van der Waals surface area contributed by atoms with Crippen LogP contribution < -0.4 is 4.74 Å². The Morgan fingerprint density at radius 3 is 2.56 bits per heavy atom. The van der Waals surface area contributed by atoms with Crippen molar-refractivity contribution in [2.75, 3.05) is 13.1 Å². The van der Waals surface area contributed by atoms with Gasteiger partial charge in [-0.2, -0.15) is 13.2 Å². The van der Waals surface area contributed by atoms with Crippen LogP contribution in [-0.2, 0) is 17.5 Å². The van der Waals surface area contributed by atoms with Gasteiger partial charge in [0.15, 0.2) is 0 Å². The zero-order valence-electron chi connectivity index (χ0n) is 14.6. The minimum Gasteiger partial charge on any atom is -0.484 e. The first-order valence-corrected chi connectivity index (χ1v) is 8.46. The summed E-state index contributed by atoms with van der Waals surface area (Å²) >= 11 is 0. The molecular formula is C19H19F3N2O3. The van der Waals surface area contributed by atoms with Crippen LogP contribution in [0.3, 0.4) is 0 Å². The van der Waals surface area contributed by atoms with Gasteiger partial charge in [0.05, 0.1) is 17.2 Å². The van der Waals surface area contributed by atoms with Crippen LogP contribution in [0.25, 0.3) is 0 Å². The molecule has 0 radical (unpaired) electrons. The second kappa shape index (κ2) is 7.56. The first kappa shape index (κ1) is 19.2. The molecule has 1 aliphatic rings. The number of nitrogens with zero attached hydrogens (tertiary/aromatic N) is 2. The van der Waals surface area contributed by atoms with Crippen LogP contribution in [0.5, 0.6) is 5.75 Å². The highest BCUT2D eigenvalue weighted by atomic mass is 19.4. The predicted molar refractivity (Wildman–Crippen MR) is 91.1 cm³/mol. The maximum absolute atomic E-state index is 12.8. The Kier molecular flexibility index (Phi) is 5.36. The topological polar surface area (TPSA) is 62.7 Å². The van der Waals surface area contributed by atoms with E-state index in [2.05, 4.69) is 4.98 Å². The lowest BCUT2D eigenvalue weighted by molar-refractivity contribution is -0.147. The number of halogens is 3. The third-order valence-corrected chi connectivity index (χ3v) is 4.47. The largest absolute Gasteiger partial charge is 0.484 e. The van der Waals surface area contributed by atoms with Gasteiger partial charge in [-0.05, 0) is 36.8 Å². The molecule has 27 heavy (non-hydrogen) atoms. The number of likely N-dealkylation sites (tertiary alicyclic amines) is 1. The van der Waals surface area contributed by atoms with Gasteiger partial charge in [-0.15, -0.1) is 0 Å². The monoisotopic (exact) mass is 380 g/mol. The Balaban J connectivity index is 1.57. The zero-order valence-corrected chi connectivity index (χ0v) is 14.6. The molecule has 2 heterocycles. The fraction of sp³-hybridized carbons (Fsp3) is 0.368. The van der Waals surface area contributed by atoms with Gasteiger partial charge in [0.1, 0.15) is 11.9 Å². The molecule has 0 amide bonds. The van der Waals surface area contributed by atoms with E-state index >= 15 is 0 Å². The fourth-order valence-corrected chi connectivity index (χ4v) is 2.90. The van der Waals surface area contributed by atoms with E-state index in [1.54, 1.807) is 19.1 Å². The van der Waals surface area contributed by atoms with Gasteiger partial charge in [-0.1, -0.05) is 12.1 Å². The van der Waals surface area contributed by atoms with Crippen LogP contribution in [0.4, 0.5) is 13.2 Å². The molecule has 1 saturated heterocycles. The Morgan fingerprint density at radius 2 is 1.96 bits per heavy atom. The Hall–Kier alpha value is -2.61. The number of pyridine rings is 1. The standard InChI is InChI=1S/C19H19F3N2O3/c1-12(17-8-15(6-7-23-17)19(20,21)22)27-16-4-2-13(3-5-16)9-24-10-14(11-24)18(25)26/h2-8,12,14H,9-11H2,1H3,(H,25,26). The van der Waals surface area contributed by atoms with Crippen LogP contribution in [0, 0.1) is 5.92 Å². The summed E-state index contributed by atoms with van der Waals surface area (Å²) in [6, 6.07) is 9.12. The predicted octanol–water partition coefficient (Wildman–Crippen LogP) is 3.76. The zero-order chi connectivity index (χ0) is 19.6. The van der Waals surface area contributed by atoms with Gasteiger partial charge in [-0.25, -0.2) is 0 Å². The van der Waals surface area contributed by atoms with Crippen molar-refractivity contribution >= 4 is 5.97 Å². The second-order valence-corrected chi connectivity index (χ2v) is 6.60. The molecule has 1 unspecified atom stereocenters. The van der Waals surface area contributed by atoms with Crippen molar-refractivity contribution < 1.29 is 27.8 Å². The van der Waals surface area contributed by atoms with E-state index < -0.39 is 23.8 Å². The van der Waals surface area contributed by atoms with Crippen molar-refractivity contribution in [2.24, 2.45) is 5.92 Å². The van der Waals surface area contributed by atoms with Crippen LogP contribution in [-0.4, -0.2) is 34.0 Å². The molecule has 1 aromatic heterocycles. The maximum atomic E-state index is 12.8. The molecule has 144 valence electrons. The number of rotatable bonds is 6. The third kappa shape index (κ3) is 4.77. The highest BCUT2D eigenvalue weighted by molar-refractivity contribution is 5.71. The summed E-state index contributed by atoms with van der Waals surface area (Å²) in [4.78, 5) is 16.8. The van der Waals surface area contributed by atoms with E-state index in [9.17, 15) is 18.0 Å². The van der Waals surface area contributed by atoms with Crippen molar-refractivity contribution in [2.45, 2.75) is 25.7 Å². The molecule has 5 nitrogen and oxygen atoms in total. The summed E-state index contributed by atoms with van der Waals surface area (Å²) in [6.45, 7) is 3.36. The van der Waals surface area contributed by atoms with E-state index in [0.29, 0.717) is 25.4 Å². The first-order chi connectivity index (χ1) is 12.7. The quantitative estimate of drug-likeness (QED) is 0.827. The summed E-state index contributed by atoms with van der Waals surface area (Å²) < 4.78 is 44.1. The molecule has 1 atom stereocenters. The Bertz CT molecular complexity index is 803. The van der Waals surface area contributed by atoms with E-state index in [4.69, 9.17) is 9.84 Å².